The first-order valence-corrected chi connectivity index (χ1v) is 7.51. The van der Waals surface area contributed by atoms with Gasteiger partial charge in [0.1, 0.15) is 11.5 Å². The van der Waals surface area contributed by atoms with E-state index in [1.54, 1.807) is 37.5 Å². The van der Waals surface area contributed by atoms with E-state index in [1.807, 2.05) is 0 Å². The summed E-state index contributed by atoms with van der Waals surface area (Å²) in [5, 5.41) is 11.0. The van der Waals surface area contributed by atoms with Gasteiger partial charge in [-0.15, -0.1) is 0 Å². The Balaban J connectivity index is 1.98. The molecule has 0 N–H and O–H groups in total. The van der Waals surface area contributed by atoms with E-state index >= 15 is 0 Å². The summed E-state index contributed by atoms with van der Waals surface area (Å²) in [6.45, 7) is 0. The number of methoxy groups -OCH3 is 2. The third-order valence-electron chi connectivity index (χ3n) is 3.66. The molecule has 0 saturated heterocycles. The molecule has 1 heterocycles. The standard InChI is InChI=1S/C18H14N2O6/c1-24-13-6-3-11(4-7-13)9-15-18(21)26-17(19-15)14-10-12(20(22)23)5-8-16(14)25-2/h3-10H,1-2H3/b15-9+. The summed E-state index contributed by atoms with van der Waals surface area (Å²) in [7, 11) is 2.97. The SMILES string of the molecule is COc1ccc(/C=C2/N=C(c3cc([N+](=O)[O-])ccc3OC)OC2=O)cc1. The topological polar surface area (TPSA) is 100 Å². The van der Waals surface area contributed by atoms with Gasteiger partial charge in [0, 0.05) is 12.1 Å². The molecule has 0 spiro atoms. The molecule has 0 atom stereocenters. The zero-order valence-corrected chi connectivity index (χ0v) is 14.0. The van der Waals surface area contributed by atoms with Crippen LogP contribution in [0.15, 0.2) is 53.2 Å². The molecular formula is C18H14N2O6. The van der Waals surface area contributed by atoms with Gasteiger partial charge in [-0.2, -0.15) is 0 Å². The molecule has 0 fully saturated rings. The smallest absolute Gasteiger partial charge is 0.363 e. The van der Waals surface area contributed by atoms with Crippen molar-refractivity contribution in [1.29, 1.82) is 0 Å². The Hall–Kier alpha value is -3.68. The number of cyclic esters (lactones) is 1. The molecule has 1 aliphatic rings. The van der Waals surface area contributed by atoms with Crippen molar-refractivity contribution >= 4 is 23.6 Å². The molecule has 132 valence electrons. The zero-order valence-electron chi connectivity index (χ0n) is 14.0. The molecule has 26 heavy (non-hydrogen) atoms. The van der Waals surface area contributed by atoms with Crippen molar-refractivity contribution < 1.29 is 23.9 Å². The Labute approximate surface area is 148 Å². The first-order chi connectivity index (χ1) is 12.5. The van der Waals surface area contributed by atoms with Crippen LogP contribution < -0.4 is 9.47 Å². The zero-order chi connectivity index (χ0) is 18.7. The second-order valence-corrected chi connectivity index (χ2v) is 5.25. The lowest BCUT2D eigenvalue weighted by atomic mass is 10.1. The monoisotopic (exact) mass is 354 g/mol. The highest BCUT2D eigenvalue weighted by atomic mass is 16.6. The summed E-state index contributed by atoms with van der Waals surface area (Å²) in [5.41, 5.74) is 0.882. The number of nitrogens with zero attached hydrogens (tertiary/aromatic N) is 2. The number of benzene rings is 2. The fourth-order valence-electron chi connectivity index (χ4n) is 2.36. The molecule has 0 radical (unpaired) electrons. The van der Waals surface area contributed by atoms with E-state index < -0.39 is 10.9 Å². The maximum atomic E-state index is 12.1. The third kappa shape index (κ3) is 3.39. The lowest BCUT2D eigenvalue weighted by molar-refractivity contribution is -0.384. The molecule has 0 unspecified atom stereocenters. The highest BCUT2D eigenvalue weighted by molar-refractivity contribution is 6.14. The van der Waals surface area contributed by atoms with Crippen LogP contribution in [-0.2, 0) is 9.53 Å². The lowest BCUT2D eigenvalue weighted by Gasteiger charge is -2.06. The van der Waals surface area contributed by atoms with Gasteiger partial charge >= 0.3 is 5.97 Å². The number of carbonyl (C=O) groups excluding carboxylic acids is 1. The van der Waals surface area contributed by atoms with Crippen LogP contribution >= 0.6 is 0 Å². The van der Waals surface area contributed by atoms with E-state index in [-0.39, 0.29) is 22.8 Å². The Morgan fingerprint density at radius 3 is 2.46 bits per heavy atom. The van der Waals surface area contributed by atoms with E-state index in [0.29, 0.717) is 11.5 Å². The normalized spacial score (nSPS) is 14.8. The number of ether oxygens (including phenoxy) is 3. The number of non-ortho nitro benzene ring substituents is 1. The quantitative estimate of drug-likeness (QED) is 0.354. The van der Waals surface area contributed by atoms with Crippen molar-refractivity contribution in [2.75, 3.05) is 14.2 Å². The number of nitro groups is 1. The maximum absolute atomic E-state index is 12.1. The predicted molar refractivity (Wildman–Crippen MR) is 93.2 cm³/mol. The summed E-state index contributed by atoms with van der Waals surface area (Å²) in [5.74, 6) is 0.305. The highest BCUT2D eigenvalue weighted by Gasteiger charge is 2.27. The first-order valence-electron chi connectivity index (χ1n) is 7.51. The summed E-state index contributed by atoms with van der Waals surface area (Å²) in [4.78, 5) is 26.7. The number of hydrogen-bond donors (Lipinski definition) is 0. The fraction of sp³-hybridized carbons (Fsp3) is 0.111. The molecule has 0 aliphatic carbocycles. The van der Waals surface area contributed by atoms with E-state index in [1.165, 1.54) is 25.3 Å². The fourth-order valence-corrected chi connectivity index (χ4v) is 2.36. The van der Waals surface area contributed by atoms with Crippen LogP contribution in [0.5, 0.6) is 11.5 Å². The van der Waals surface area contributed by atoms with Gasteiger partial charge in [0.05, 0.1) is 24.7 Å². The van der Waals surface area contributed by atoms with Gasteiger partial charge in [-0.3, -0.25) is 10.1 Å². The molecule has 3 rings (SSSR count). The van der Waals surface area contributed by atoms with Crippen LogP contribution in [0.2, 0.25) is 0 Å². The second-order valence-electron chi connectivity index (χ2n) is 5.25. The number of nitro benzene ring substituents is 1. The molecule has 0 bridgehead atoms. The van der Waals surface area contributed by atoms with Crippen LogP contribution in [0.4, 0.5) is 5.69 Å². The molecule has 2 aromatic rings. The summed E-state index contributed by atoms with van der Waals surface area (Å²) in [6.07, 6.45) is 1.55. The van der Waals surface area contributed by atoms with Crippen LogP contribution in [0.1, 0.15) is 11.1 Å². The molecular weight excluding hydrogens is 340 g/mol. The number of aliphatic imine (C=N–C) groups is 1. The largest absolute Gasteiger partial charge is 0.497 e. The third-order valence-corrected chi connectivity index (χ3v) is 3.66. The van der Waals surface area contributed by atoms with Crippen molar-refractivity contribution in [2.45, 2.75) is 0 Å². The number of carbonyl (C=O) groups is 1. The highest BCUT2D eigenvalue weighted by Crippen LogP contribution is 2.28. The van der Waals surface area contributed by atoms with E-state index in [9.17, 15) is 14.9 Å². The van der Waals surface area contributed by atoms with Gasteiger partial charge in [-0.25, -0.2) is 9.79 Å². The molecule has 1 aliphatic heterocycles. The molecule has 8 nitrogen and oxygen atoms in total. The molecule has 0 aromatic heterocycles. The average molecular weight is 354 g/mol. The van der Waals surface area contributed by atoms with Crippen LogP contribution in [0.3, 0.4) is 0 Å². The van der Waals surface area contributed by atoms with E-state index in [0.717, 1.165) is 5.56 Å². The van der Waals surface area contributed by atoms with Gasteiger partial charge in [0.15, 0.2) is 5.70 Å². The number of rotatable bonds is 5. The minimum Gasteiger partial charge on any atom is -0.497 e. The van der Waals surface area contributed by atoms with Crippen molar-refractivity contribution in [3.8, 4) is 11.5 Å². The van der Waals surface area contributed by atoms with Crippen LogP contribution in [0.25, 0.3) is 6.08 Å². The van der Waals surface area contributed by atoms with Crippen LogP contribution in [-0.4, -0.2) is 31.0 Å². The van der Waals surface area contributed by atoms with E-state index in [4.69, 9.17) is 14.2 Å². The van der Waals surface area contributed by atoms with Crippen molar-refractivity contribution in [3.63, 3.8) is 0 Å². The van der Waals surface area contributed by atoms with Gasteiger partial charge < -0.3 is 14.2 Å². The van der Waals surface area contributed by atoms with E-state index in [2.05, 4.69) is 4.99 Å². The van der Waals surface area contributed by atoms with Crippen LogP contribution in [0, 0.1) is 10.1 Å². The summed E-state index contributed by atoms with van der Waals surface area (Å²) < 4.78 is 15.4. The van der Waals surface area contributed by atoms with Crippen molar-refractivity contribution in [3.05, 3.63) is 69.4 Å². The first kappa shape index (κ1) is 17.2. The summed E-state index contributed by atoms with van der Waals surface area (Å²) in [6, 6.07) is 11.0. The van der Waals surface area contributed by atoms with Crippen molar-refractivity contribution in [2.24, 2.45) is 4.99 Å². The number of hydrogen-bond acceptors (Lipinski definition) is 7. The predicted octanol–water partition coefficient (Wildman–Crippen LogP) is 2.96. The molecule has 0 saturated carbocycles. The minimum atomic E-state index is -0.649. The molecule has 0 amide bonds. The van der Waals surface area contributed by atoms with Gasteiger partial charge in [0.25, 0.3) is 5.69 Å². The summed E-state index contributed by atoms with van der Waals surface area (Å²) >= 11 is 0. The second kappa shape index (κ2) is 7.06. The Morgan fingerprint density at radius 2 is 1.85 bits per heavy atom. The molecule has 8 heteroatoms. The minimum absolute atomic E-state index is 0.0460. The lowest BCUT2D eigenvalue weighted by Crippen LogP contribution is -2.07. The Kier molecular flexibility index (Phi) is 4.66. The number of esters is 1. The molecule has 2 aromatic carbocycles. The van der Waals surface area contributed by atoms with Crippen molar-refractivity contribution in [1.82, 2.24) is 0 Å². The maximum Gasteiger partial charge on any atom is 0.363 e. The Bertz CT molecular complexity index is 931. The van der Waals surface area contributed by atoms with Gasteiger partial charge in [0.2, 0.25) is 5.90 Å². The Morgan fingerprint density at radius 1 is 1.12 bits per heavy atom. The van der Waals surface area contributed by atoms with Gasteiger partial charge in [-0.1, -0.05) is 12.1 Å². The van der Waals surface area contributed by atoms with Gasteiger partial charge in [-0.05, 0) is 29.8 Å². The average Bonchev–Trinajstić information content (AvgIpc) is 3.02.